The van der Waals surface area contributed by atoms with Gasteiger partial charge in [0.05, 0.1) is 0 Å². The van der Waals surface area contributed by atoms with E-state index in [9.17, 15) is 14.0 Å². The summed E-state index contributed by atoms with van der Waals surface area (Å²) in [5.74, 6) is -0.301. The van der Waals surface area contributed by atoms with Crippen LogP contribution in [-0.4, -0.2) is 34.8 Å². The van der Waals surface area contributed by atoms with Gasteiger partial charge in [-0.05, 0) is 61.9 Å². The van der Waals surface area contributed by atoms with Gasteiger partial charge in [0, 0.05) is 30.1 Å². The fourth-order valence-corrected chi connectivity index (χ4v) is 4.60. The van der Waals surface area contributed by atoms with Gasteiger partial charge < -0.3 is 10.2 Å². The second-order valence-electron chi connectivity index (χ2n) is 7.82. The number of aryl methyl sites for hydroxylation is 1. The van der Waals surface area contributed by atoms with Crippen LogP contribution < -0.4 is 5.32 Å². The van der Waals surface area contributed by atoms with Gasteiger partial charge in [-0.1, -0.05) is 30.3 Å². The summed E-state index contributed by atoms with van der Waals surface area (Å²) in [5.41, 5.74) is 1.65. The van der Waals surface area contributed by atoms with Crippen LogP contribution in [0.2, 0.25) is 0 Å². The molecule has 4 nitrogen and oxygen atoms in total. The molecule has 4 rings (SSSR count). The molecule has 2 bridgehead atoms. The highest BCUT2D eigenvalue weighted by Gasteiger charge is 2.43. The van der Waals surface area contributed by atoms with Crippen LogP contribution in [0.1, 0.15) is 48.0 Å². The summed E-state index contributed by atoms with van der Waals surface area (Å²) in [5, 5.41) is 3.07. The van der Waals surface area contributed by atoms with E-state index in [0.29, 0.717) is 12.0 Å². The molecule has 0 spiro atoms. The van der Waals surface area contributed by atoms with Crippen LogP contribution in [0.5, 0.6) is 0 Å². The largest absolute Gasteiger partial charge is 0.349 e. The molecule has 0 saturated carbocycles. The van der Waals surface area contributed by atoms with Crippen molar-refractivity contribution in [3.63, 3.8) is 0 Å². The predicted octanol–water partition coefficient (Wildman–Crippen LogP) is 3.71. The summed E-state index contributed by atoms with van der Waals surface area (Å²) >= 11 is 0. The van der Waals surface area contributed by atoms with Crippen molar-refractivity contribution in [2.45, 2.75) is 56.7 Å². The first kappa shape index (κ1) is 18.7. The number of hydrogen-bond donors (Lipinski definition) is 1. The van der Waals surface area contributed by atoms with Crippen molar-refractivity contribution < 1.29 is 14.0 Å². The van der Waals surface area contributed by atoms with Gasteiger partial charge >= 0.3 is 0 Å². The van der Waals surface area contributed by atoms with E-state index >= 15 is 0 Å². The molecule has 2 aliphatic rings. The molecule has 28 heavy (non-hydrogen) atoms. The van der Waals surface area contributed by atoms with Crippen LogP contribution in [0.15, 0.2) is 54.6 Å². The first-order valence-corrected chi connectivity index (χ1v) is 10.0. The fraction of sp³-hybridized carbons (Fsp3) is 0.391. The van der Waals surface area contributed by atoms with E-state index in [1.807, 2.05) is 18.2 Å². The SMILES string of the molecule is O=C(NC1CC2CCC(C1)N2C(=O)CCc1ccccc1)c1ccc(F)cc1. The van der Waals surface area contributed by atoms with Crippen LogP contribution in [0.4, 0.5) is 4.39 Å². The fourth-order valence-electron chi connectivity index (χ4n) is 4.60. The number of rotatable bonds is 5. The average Bonchev–Trinajstić information content (AvgIpc) is 2.98. The van der Waals surface area contributed by atoms with Gasteiger partial charge in [0.1, 0.15) is 5.82 Å². The highest BCUT2D eigenvalue weighted by atomic mass is 19.1. The normalized spacial score (nSPS) is 23.5. The number of halogens is 1. The number of piperidine rings is 1. The van der Waals surface area contributed by atoms with Crippen LogP contribution >= 0.6 is 0 Å². The Morgan fingerprint density at radius 3 is 2.25 bits per heavy atom. The van der Waals surface area contributed by atoms with Crippen molar-refractivity contribution in [2.24, 2.45) is 0 Å². The van der Waals surface area contributed by atoms with E-state index in [4.69, 9.17) is 0 Å². The number of amides is 2. The van der Waals surface area contributed by atoms with Crippen molar-refractivity contribution in [3.8, 4) is 0 Å². The zero-order valence-electron chi connectivity index (χ0n) is 15.8. The Balaban J connectivity index is 1.33. The molecule has 2 aromatic carbocycles. The van der Waals surface area contributed by atoms with Gasteiger partial charge in [-0.25, -0.2) is 4.39 Å². The minimum Gasteiger partial charge on any atom is -0.349 e. The van der Waals surface area contributed by atoms with Gasteiger partial charge in [0.2, 0.25) is 5.91 Å². The molecule has 1 N–H and O–H groups in total. The van der Waals surface area contributed by atoms with Crippen LogP contribution in [0, 0.1) is 5.82 Å². The van der Waals surface area contributed by atoms with Gasteiger partial charge in [-0.2, -0.15) is 0 Å². The first-order chi connectivity index (χ1) is 13.6. The minimum atomic E-state index is -0.350. The van der Waals surface area contributed by atoms with E-state index in [1.54, 1.807) is 0 Å². The molecule has 0 radical (unpaired) electrons. The molecular formula is C23H25FN2O2. The minimum absolute atomic E-state index is 0.0632. The molecule has 2 aliphatic heterocycles. The van der Waals surface area contributed by atoms with E-state index < -0.39 is 0 Å². The maximum atomic E-state index is 13.0. The lowest BCUT2D eigenvalue weighted by Gasteiger charge is -2.39. The molecule has 2 heterocycles. The lowest BCUT2D eigenvalue weighted by molar-refractivity contribution is -0.135. The van der Waals surface area contributed by atoms with E-state index in [1.165, 1.54) is 29.8 Å². The number of nitrogens with one attached hydrogen (secondary N) is 1. The topological polar surface area (TPSA) is 49.4 Å². The Morgan fingerprint density at radius 2 is 1.61 bits per heavy atom. The summed E-state index contributed by atoms with van der Waals surface area (Å²) < 4.78 is 13.0. The third-order valence-corrected chi connectivity index (χ3v) is 5.93. The smallest absolute Gasteiger partial charge is 0.251 e. The summed E-state index contributed by atoms with van der Waals surface area (Å²) in [6.45, 7) is 0. The average molecular weight is 380 g/mol. The summed E-state index contributed by atoms with van der Waals surface area (Å²) in [6.07, 6.45) is 4.89. The van der Waals surface area contributed by atoms with Crippen molar-refractivity contribution in [1.29, 1.82) is 0 Å². The van der Waals surface area contributed by atoms with Crippen molar-refractivity contribution in [1.82, 2.24) is 10.2 Å². The number of hydrogen-bond acceptors (Lipinski definition) is 2. The molecule has 2 amide bonds. The van der Waals surface area contributed by atoms with Gasteiger partial charge in [0.25, 0.3) is 5.91 Å². The lowest BCUT2D eigenvalue weighted by atomic mass is 9.96. The lowest BCUT2D eigenvalue weighted by Crippen LogP contribution is -2.52. The second-order valence-corrected chi connectivity index (χ2v) is 7.82. The highest BCUT2D eigenvalue weighted by molar-refractivity contribution is 5.94. The molecular weight excluding hydrogens is 355 g/mol. The Morgan fingerprint density at radius 1 is 0.964 bits per heavy atom. The number of nitrogens with zero attached hydrogens (tertiary/aromatic N) is 1. The van der Waals surface area contributed by atoms with Crippen molar-refractivity contribution in [2.75, 3.05) is 0 Å². The van der Waals surface area contributed by atoms with E-state index in [0.717, 1.165) is 32.1 Å². The predicted molar refractivity (Wildman–Crippen MR) is 105 cm³/mol. The number of carbonyl (C=O) groups is 2. The number of carbonyl (C=O) groups excluding carboxylic acids is 2. The summed E-state index contributed by atoms with van der Waals surface area (Å²) in [4.78, 5) is 27.3. The highest BCUT2D eigenvalue weighted by Crippen LogP contribution is 2.36. The Bertz CT molecular complexity index is 823. The third kappa shape index (κ3) is 4.08. The number of fused-ring (bicyclic) bond motifs is 2. The molecule has 2 saturated heterocycles. The van der Waals surface area contributed by atoms with Gasteiger partial charge in [-0.3, -0.25) is 9.59 Å². The monoisotopic (exact) mass is 380 g/mol. The molecule has 2 fully saturated rings. The van der Waals surface area contributed by atoms with Crippen LogP contribution in [-0.2, 0) is 11.2 Å². The maximum Gasteiger partial charge on any atom is 0.251 e. The van der Waals surface area contributed by atoms with Crippen LogP contribution in [0.3, 0.4) is 0 Å². The zero-order chi connectivity index (χ0) is 19.5. The molecule has 0 aromatic heterocycles. The second kappa shape index (κ2) is 8.13. The van der Waals surface area contributed by atoms with Gasteiger partial charge in [0.15, 0.2) is 0 Å². The van der Waals surface area contributed by atoms with Crippen LogP contribution in [0.25, 0.3) is 0 Å². The quantitative estimate of drug-likeness (QED) is 0.860. The molecule has 0 aliphatic carbocycles. The Hall–Kier alpha value is -2.69. The third-order valence-electron chi connectivity index (χ3n) is 5.93. The Labute approximate surface area is 164 Å². The molecule has 5 heteroatoms. The van der Waals surface area contributed by atoms with Gasteiger partial charge in [-0.15, -0.1) is 0 Å². The van der Waals surface area contributed by atoms with E-state index in [2.05, 4.69) is 22.3 Å². The first-order valence-electron chi connectivity index (χ1n) is 10.0. The summed E-state index contributed by atoms with van der Waals surface area (Å²) in [7, 11) is 0. The molecule has 2 unspecified atom stereocenters. The standard InChI is InChI=1S/C23H25FN2O2/c24-18-9-7-17(8-10-18)23(28)25-19-14-20-11-12-21(15-19)26(20)22(27)13-6-16-4-2-1-3-5-16/h1-5,7-10,19-21H,6,11-15H2,(H,25,28). The van der Waals surface area contributed by atoms with Crippen molar-refractivity contribution >= 4 is 11.8 Å². The van der Waals surface area contributed by atoms with Crippen molar-refractivity contribution in [3.05, 3.63) is 71.5 Å². The summed E-state index contributed by atoms with van der Waals surface area (Å²) in [6, 6.07) is 16.2. The number of benzene rings is 2. The molecule has 146 valence electrons. The molecule has 2 aromatic rings. The zero-order valence-corrected chi connectivity index (χ0v) is 15.8. The molecule has 2 atom stereocenters. The Kier molecular flexibility index (Phi) is 5.42. The maximum absolute atomic E-state index is 13.0. The van der Waals surface area contributed by atoms with E-state index in [-0.39, 0.29) is 35.8 Å².